The van der Waals surface area contributed by atoms with Crippen LogP contribution in [0.25, 0.3) is 5.76 Å². The van der Waals surface area contributed by atoms with Gasteiger partial charge in [-0.3, -0.25) is 19.3 Å². The first-order chi connectivity index (χ1) is 19.3. The van der Waals surface area contributed by atoms with E-state index < -0.39 is 58.0 Å². The molecule has 222 valence electrons. The van der Waals surface area contributed by atoms with E-state index in [0.29, 0.717) is 23.5 Å². The van der Waals surface area contributed by atoms with Gasteiger partial charge in [-0.15, -0.1) is 0 Å². The predicted octanol–water partition coefficient (Wildman–Crippen LogP) is 2.54. The van der Waals surface area contributed by atoms with Crippen LogP contribution in [0.2, 0.25) is 0 Å². The molecule has 1 amide bonds. The summed E-state index contributed by atoms with van der Waals surface area (Å²) in [5, 5.41) is 46.0. The summed E-state index contributed by atoms with van der Waals surface area (Å²) in [4.78, 5) is 43.0. The topological polar surface area (TPSA) is 165 Å². The summed E-state index contributed by atoms with van der Waals surface area (Å²) < 4.78 is 0. The van der Waals surface area contributed by atoms with E-state index in [4.69, 9.17) is 5.73 Å². The molecule has 1 aromatic rings. The molecule has 2 saturated carbocycles. The molecule has 0 aromatic heterocycles. The Balaban J connectivity index is 1.64. The predicted molar refractivity (Wildman–Crippen MR) is 153 cm³/mol. The number of rotatable bonds is 6. The minimum absolute atomic E-state index is 0.0722. The second-order valence-corrected chi connectivity index (χ2v) is 12.7. The second kappa shape index (κ2) is 10.5. The average molecular weight is 568 g/mol. The number of Topliss-reactive ketones (excluding diaryl/α,β-unsaturated/α-hetero) is 2. The number of carbonyl (C=O) groups is 3. The maximum Gasteiger partial charge on any atom is 0.255 e. The fraction of sp³-hybridized carbons (Fsp3) is 0.581. The molecule has 4 unspecified atom stereocenters. The maximum absolute atomic E-state index is 14.1. The number of aryl methyl sites for hydroxylation is 1. The number of primary amides is 1. The first-order valence-electron chi connectivity index (χ1n) is 14.5. The number of likely N-dealkylation sites (N-methyl/N-ethyl adjacent to an activating group) is 1. The highest BCUT2D eigenvalue weighted by molar-refractivity contribution is 6.24. The highest BCUT2D eigenvalue weighted by Gasteiger charge is 2.64. The largest absolute Gasteiger partial charge is 0.508 e. The number of nitrogens with zero attached hydrogens (tertiary/aromatic N) is 2. The van der Waals surface area contributed by atoms with Gasteiger partial charge < -0.3 is 31.1 Å². The van der Waals surface area contributed by atoms with Gasteiger partial charge >= 0.3 is 0 Å². The van der Waals surface area contributed by atoms with E-state index in [9.17, 15) is 34.8 Å². The van der Waals surface area contributed by atoms with Gasteiger partial charge in [-0.1, -0.05) is 32.1 Å². The molecule has 4 aliphatic carbocycles. The molecule has 10 heteroatoms. The number of phenolic OH excluding ortho intramolecular Hbond substituents is 1. The van der Waals surface area contributed by atoms with Gasteiger partial charge in [0.25, 0.3) is 5.91 Å². The number of carbonyl (C=O) groups excluding carboxylic acids is 3. The maximum atomic E-state index is 14.1. The van der Waals surface area contributed by atoms with Crippen molar-refractivity contribution >= 4 is 28.9 Å². The molecule has 2 fully saturated rings. The SMILES string of the molecule is CN(C)c1cc(CCC2CCCCC2)c(O)c2c1CC1CC3C(N(C)C)C(=O)C(C(N)=O)=C(O)C3(O)C(=O)C1=C2O. The summed E-state index contributed by atoms with van der Waals surface area (Å²) in [6.07, 6.45) is 7.89. The summed E-state index contributed by atoms with van der Waals surface area (Å²) in [6.45, 7) is 0. The quantitative estimate of drug-likeness (QED) is 0.325. The van der Waals surface area contributed by atoms with Crippen LogP contribution in [0, 0.1) is 17.8 Å². The zero-order valence-corrected chi connectivity index (χ0v) is 24.2. The van der Waals surface area contributed by atoms with E-state index in [1.54, 1.807) is 14.1 Å². The number of phenols is 1. The van der Waals surface area contributed by atoms with Crippen LogP contribution in [-0.4, -0.2) is 82.6 Å². The standard InChI is InChI=1S/C31H41N3O7/c1-33(2)20-14-16(11-10-15-8-6-5-7-9-15)25(35)22-18(20)12-17-13-19-24(34(3)4)27(37)23(30(32)40)29(39)31(19,41)28(38)21(17)26(22)36/h14-15,17,19,24,35-36,39,41H,5-13H2,1-4H3,(H2,32,40). The number of aliphatic hydroxyl groups excluding tert-OH is 2. The monoisotopic (exact) mass is 567 g/mol. The van der Waals surface area contributed by atoms with Crippen LogP contribution in [0.4, 0.5) is 5.69 Å². The van der Waals surface area contributed by atoms with Gasteiger partial charge in [-0.2, -0.15) is 0 Å². The van der Waals surface area contributed by atoms with Crippen molar-refractivity contribution in [1.82, 2.24) is 4.90 Å². The molecular formula is C31H41N3O7. The number of hydrogen-bond acceptors (Lipinski definition) is 9. The lowest BCUT2D eigenvalue weighted by Gasteiger charge is -2.50. The van der Waals surface area contributed by atoms with E-state index in [1.807, 2.05) is 25.1 Å². The van der Waals surface area contributed by atoms with Crippen molar-refractivity contribution in [2.75, 3.05) is 33.1 Å². The fourth-order valence-corrected chi connectivity index (χ4v) is 7.77. The Morgan fingerprint density at radius 1 is 1.07 bits per heavy atom. The van der Waals surface area contributed by atoms with Crippen molar-refractivity contribution in [1.29, 1.82) is 0 Å². The number of aliphatic hydroxyl groups is 3. The Morgan fingerprint density at radius 3 is 2.32 bits per heavy atom. The summed E-state index contributed by atoms with van der Waals surface area (Å²) in [5.74, 6) is -5.71. The molecule has 5 rings (SSSR count). The third-order valence-corrected chi connectivity index (χ3v) is 9.80. The Hall–Kier alpha value is -3.37. The van der Waals surface area contributed by atoms with Crippen molar-refractivity contribution in [2.24, 2.45) is 23.5 Å². The third kappa shape index (κ3) is 4.43. The van der Waals surface area contributed by atoms with Crippen molar-refractivity contribution in [3.8, 4) is 5.75 Å². The van der Waals surface area contributed by atoms with Gasteiger partial charge in [0.05, 0.1) is 11.6 Å². The first-order valence-corrected chi connectivity index (χ1v) is 14.5. The summed E-state index contributed by atoms with van der Waals surface area (Å²) in [6, 6.07) is 0.854. The number of ketones is 2. The summed E-state index contributed by atoms with van der Waals surface area (Å²) >= 11 is 0. The molecule has 10 nitrogen and oxygen atoms in total. The molecular weight excluding hydrogens is 526 g/mol. The van der Waals surface area contributed by atoms with Gasteiger partial charge in [-0.05, 0) is 68.8 Å². The molecule has 0 heterocycles. The smallest absolute Gasteiger partial charge is 0.255 e. The molecule has 4 atom stereocenters. The zero-order chi connectivity index (χ0) is 30.0. The van der Waals surface area contributed by atoms with Crippen LogP contribution in [0.5, 0.6) is 5.75 Å². The minimum Gasteiger partial charge on any atom is -0.508 e. The fourth-order valence-electron chi connectivity index (χ4n) is 7.77. The van der Waals surface area contributed by atoms with E-state index in [1.165, 1.54) is 24.2 Å². The Bertz CT molecular complexity index is 1370. The van der Waals surface area contributed by atoms with Crippen molar-refractivity contribution in [3.05, 3.63) is 39.7 Å². The van der Waals surface area contributed by atoms with Crippen LogP contribution in [0.15, 0.2) is 23.0 Å². The zero-order valence-electron chi connectivity index (χ0n) is 24.2. The number of aromatic hydroxyl groups is 1. The average Bonchev–Trinajstić information content (AvgIpc) is 2.90. The highest BCUT2D eigenvalue weighted by atomic mass is 16.3. The molecule has 6 N–H and O–H groups in total. The Kier molecular flexibility index (Phi) is 7.44. The molecule has 41 heavy (non-hydrogen) atoms. The summed E-state index contributed by atoms with van der Waals surface area (Å²) in [5.41, 5.74) is 4.17. The normalized spacial score (nSPS) is 28.5. The number of benzene rings is 1. The third-order valence-electron chi connectivity index (χ3n) is 9.80. The molecule has 0 spiro atoms. The van der Waals surface area contributed by atoms with Crippen LogP contribution in [-0.2, 0) is 27.2 Å². The summed E-state index contributed by atoms with van der Waals surface area (Å²) in [7, 11) is 6.94. The van der Waals surface area contributed by atoms with Crippen LogP contribution in [0.1, 0.15) is 61.6 Å². The van der Waals surface area contributed by atoms with Gasteiger partial charge in [0.15, 0.2) is 11.4 Å². The van der Waals surface area contributed by atoms with Crippen LogP contribution >= 0.6 is 0 Å². The van der Waals surface area contributed by atoms with Crippen molar-refractivity contribution in [2.45, 2.75) is 69.4 Å². The first kappa shape index (κ1) is 29.1. The minimum atomic E-state index is -2.64. The Labute approximate surface area is 240 Å². The van der Waals surface area contributed by atoms with Gasteiger partial charge in [0.1, 0.15) is 22.8 Å². The van der Waals surface area contributed by atoms with E-state index in [0.717, 1.165) is 24.9 Å². The van der Waals surface area contributed by atoms with Crippen molar-refractivity contribution in [3.63, 3.8) is 0 Å². The van der Waals surface area contributed by atoms with Crippen LogP contribution in [0.3, 0.4) is 0 Å². The van der Waals surface area contributed by atoms with E-state index >= 15 is 0 Å². The lowest BCUT2D eigenvalue weighted by Crippen LogP contribution is -2.65. The molecule has 0 bridgehead atoms. The Morgan fingerprint density at radius 2 is 1.73 bits per heavy atom. The number of amides is 1. The molecule has 1 aromatic carbocycles. The van der Waals surface area contributed by atoms with Crippen molar-refractivity contribution < 1.29 is 34.8 Å². The number of hydrogen-bond donors (Lipinski definition) is 5. The number of anilines is 1. The molecule has 0 saturated heterocycles. The lowest BCUT2D eigenvalue weighted by atomic mass is 9.57. The molecule has 0 radical (unpaired) electrons. The van der Waals surface area contributed by atoms with Crippen LogP contribution < -0.4 is 10.6 Å². The number of nitrogens with two attached hydrogens (primary N) is 1. The van der Waals surface area contributed by atoms with E-state index in [-0.39, 0.29) is 29.7 Å². The second-order valence-electron chi connectivity index (χ2n) is 12.7. The number of fused-ring (bicyclic) bond motifs is 3. The molecule has 0 aliphatic heterocycles. The molecule has 4 aliphatic rings. The van der Waals surface area contributed by atoms with Gasteiger partial charge in [0, 0.05) is 31.3 Å². The van der Waals surface area contributed by atoms with Gasteiger partial charge in [-0.25, -0.2) is 0 Å². The van der Waals surface area contributed by atoms with E-state index in [2.05, 4.69) is 0 Å². The van der Waals surface area contributed by atoms with Gasteiger partial charge in [0.2, 0.25) is 5.78 Å². The lowest BCUT2D eigenvalue weighted by molar-refractivity contribution is -0.153. The highest BCUT2D eigenvalue weighted by Crippen LogP contribution is 2.54.